The fraction of sp³-hybridized carbons (Fsp3) is 0.125. The maximum Gasteiger partial charge on any atom is 0.270 e. The van der Waals surface area contributed by atoms with Crippen molar-refractivity contribution < 1.29 is 4.92 Å². The number of rotatable bonds is 2. The van der Waals surface area contributed by atoms with Crippen LogP contribution in [-0.2, 0) is 0 Å². The Morgan fingerprint density at radius 1 is 1.53 bits per heavy atom. The Morgan fingerprint density at radius 2 is 2.33 bits per heavy atom. The predicted octanol–water partition coefficient (Wildman–Crippen LogP) is 0.211. The Hall–Kier alpha value is -2.15. The number of nitrogens with zero attached hydrogens (tertiary/aromatic N) is 3. The minimum absolute atomic E-state index is 0.0477. The Bertz CT molecular complexity index is 431. The lowest BCUT2D eigenvalue weighted by Gasteiger charge is -2.07. The quantitative estimate of drug-likeness (QED) is 0.535. The highest BCUT2D eigenvalue weighted by atomic mass is 16.6. The van der Waals surface area contributed by atoms with E-state index >= 15 is 0 Å². The summed E-state index contributed by atoms with van der Waals surface area (Å²) in [6.07, 6.45) is 0. The lowest BCUT2D eigenvalue weighted by atomic mass is 10.2. The first-order valence-corrected chi connectivity index (χ1v) is 4.25. The summed E-state index contributed by atoms with van der Waals surface area (Å²) in [6, 6.07) is 6.28. The van der Waals surface area contributed by atoms with Crippen molar-refractivity contribution in [1.29, 1.82) is 0 Å². The molecule has 78 valence electrons. The smallest absolute Gasteiger partial charge is 0.270 e. The minimum atomic E-state index is -0.434. The van der Waals surface area contributed by atoms with Crippen LogP contribution in [0, 0.1) is 10.1 Å². The van der Waals surface area contributed by atoms with Gasteiger partial charge in [0.25, 0.3) is 5.69 Å². The summed E-state index contributed by atoms with van der Waals surface area (Å²) < 4.78 is 0. The van der Waals surface area contributed by atoms with Crippen LogP contribution in [0.4, 0.5) is 5.69 Å². The number of nitro benzene ring substituents is 1. The van der Waals surface area contributed by atoms with Crippen molar-refractivity contribution in [2.24, 2.45) is 5.10 Å². The maximum atomic E-state index is 10.6. The lowest BCUT2D eigenvalue weighted by Crippen LogP contribution is -2.37. The standard InChI is InChI=1S/C8H9N5O2/c1-12-10-8(9-11-12)6-3-2-4-7(5-6)13(14)15/h2-5,11H,1H3,(H,9,10). The largest absolute Gasteiger partial charge is 0.282 e. The third-order valence-corrected chi connectivity index (χ3v) is 1.92. The highest BCUT2D eigenvalue weighted by molar-refractivity contribution is 5.99. The molecule has 0 bridgehead atoms. The van der Waals surface area contributed by atoms with E-state index in [0.717, 1.165) is 0 Å². The van der Waals surface area contributed by atoms with E-state index in [2.05, 4.69) is 16.1 Å². The second-order valence-electron chi connectivity index (χ2n) is 3.04. The van der Waals surface area contributed by atoms with Crippen molar-refractivity contribution in [1.82, 2.24) is 16.1 Å². The molecule has 0 saturated heterocycles. The van der Waals surface area contributed by atoms with E-state index in [9.17, 15) is 10.1 Å². The molecule has 2 N–H and O–H groups in total. The maximum absolute atomic E-state index is 10.6. The molecule has 0 aromatic heterocycles. The fourth-order valence-electron chi connectivity index (χ4n) is 1.23. The Labute approximate surface area is 85.5 Å². The number of nitrogens with one attached hydrogen (secondary N) is 2. The van der Waals surface area contributed by atoms with Crippen LogP contribution < -0.4 is 11.0 Å². The van der Waals surface area contributed by atoms with Gasteiger partial charge in [-0.3, -0.25) is 15.5 Å². The number of non-ortho nitro benzene ring substituents is 1. The average Bonchev–Trinajstić information content (AvgIpc) is 2.65. The number of amidine groups is 1. The molecule has 15 heavy (non-hydrogen) atoms. The molecule has 0 radical (unpaired) electrons. The molecule has 2 rings (SSSR count). The molecule has 0 aliphatic carbocycles. The zero-order chi connectivity index (χ0) is 10.8. The highest BCUT2D eigenvalue weighted by Crippen LogP contribution is 2.13. The van der Waals surface area contributed by atoms with Gasteiger partial charge in [0, 0.05) is 24.7 Å². The van der Waals surface area contributed by atoms with Crippen molar-refractivity contribution in [2.75, 3.05) is 7.05 Å². The summed E-state index contributed by atoms with van der Waals surface area (Å²) in [5.74, 6) is 0.557. The van der Waals surface area contributed by atoms with Crippen molar-refractivity contribution in [3.63, 3.8) is 0 Å². The number of hydrogen-bond acceptors (Lipinski definition) is 6. The Morgan fingerprint density at radius 3 is 2.93 bits per heavy atom. The van der Waals surface area contributed by atoms with Crippen molar-refractivity contribution in [3.8, 4) is 0 Å². The van der Waals surface area contributed by atoms with Gasteiger partial charge in [0.1, 0.15) is 0 Å². The lowest BCUT2D eigenvalue weighted by molar-refractivity contribution is -0.384. The van der Waals surface area contributed by atoms with Gasteiger partial charge in [0.05, 0.1) is 4.92 Å². The third kappa shape index (κ3) is 1.86. The second-order valence-corrected chi connectivity index (χ2v) is 3.04. The number of hydrazine groups is 2. The predicted molar refractivity (Wildman–Crippen MR) is 53.7 cm³/mol. The van der Waals surface area contributed by atoms with Crippen LogP contribution in [0.5, 0.6) is 0 Å². The van der Waals surface area contributed by atoms with Crippen LogP contribution >= 0.6 is 0 Å². The van der Waals surface area contributed by atoms with E-state index in [0.29, 0.717) is 11.4 Å². The van der Waals surface area contributed by atoms with Crippen molar-refractivity contribution in [3.05, 3.63) is 39.9 Å². The first-order valence-electron chi connectivity index (χ1n) is 4.25. The SMILES string of the molecule is CN1NN=C(c2cccc([N+](=O)[O-])c2)N1. The summed E-state index contributed by atoms with van der Waals surface area (Å²) in [7, 11) is 1.74. The van der Waals surface area contributed by atoms with Crippen LogP contribution in [0.15, 0.2) is 29.4 Å². The molecule has 7 heteroatoms. The monoisotopic (exact) mass is 207 g/mol. The van der Waals surface area contributed by atoms with Gasteiger partial charge in [-0.05, 0) is 0 Å². The number of benzene rings is 1. The normalized spacial score (nSPS) is 15.4. The van der Waals surface area contributed by atoms with Gasteiger partial charge in [-0.1, -0.05) is 12.1 Å². The van der Waals surface area contributed by atoms with E-state index in [1.165, 1.54) is 12.1 Å². The fourth-order valence-corrected chi connectivity index (χ4v) is 1.23. The van der Waals surface area contributed by atoms with Gasteiger partial charge >= 0.3 is 0 Å². The molecule has 1 aromatic carbocycles. The molecular formula is C8H9N5O2. The van der Waals surface area contributed by atoms with Crippen molar-refractivity contribution in [2.45, 2.75) is 0 Å². The van der Waals surface area contributed by atoms with Crippen LogP contribution in [0.3, 0.4) is 0 Å². The van der Waals surface area contributed by atoms with Crippen LogP contribution in [0.1, 0.15) is 5.56 Å². The van der Waals surface area contributed by atoms with Gasteiger partial charge in [-0.25, -0.2) is 5.53 Å². The summed E-state index contributed by atoms with van der Waals surface area (Å²) in [5.41, 5.74) is 6.26. The minimum Gasteiger partial charge on any atom is -0.282 e. The number of hydrogen-bond donors (Lipinski definition) is 2. The highest BCUT2D eigenvalue weighted by Gasteiger charge is 2.14. The van der Waals surface area contributed by atoms with Gasteiger partial charge in [-0.15, -0.1) is 10.2 Å². The van der Waals surface area contributed by atoms with Gasteiger partial charge < -0.3 is 0 Å². The van der Waals surface area contributed by atoms with Crippen molar-refractivity contribution >= 4 is 11.5 Å². The van der Waals surface area contributed by atoms with E-state index in [-0.39, 0.29) is 5.69 Å². The molecule has 0 fully saturated rings. The Balaban J connectivity index is 2.29. The first-order chi connectivity index (χ1) is 7.16. The molecule has 0 spiro atoms. The van der Waals surface area contributed by atoms with Gasteiger partial charge in [-0.2, -0.15) is 0 Å². The Kier molecular flexibility index (Phi) is 2.22. The summed E-state index contributed by atoms with van der Waals surface area (Å²) in [4.78, 5) is 10.1. The van der Waals surface area contributed by atoms with Crippen LogP contribution in [0.25, 0.3) is 0 Å². The third-order valence-electron chi connectivity index (χ3n) is 1.92. The zero-order valence-electron chi connectivity index (χ0n) is 7.97. The molecule has 0 amide bonds. The summed E-state index contributed by atoms with van der Waals surface area (Å²) >= 11 is 0. The molecule has 1 aliphatic rings. The van der Waals surface area contributed by atoms with E-state index in [4.69, 9.17) is 0 Å². The topological polar surface area (TPSA) is 82.8 Å². The number of hydrazone groups is 1. The molecule has 7 nitrogen and oxygen atoms in total. The molecule has 1 aliphatic heterocycles. The molecule has 0 atom stereocenters. The first kappa shape index (κ1) is 9.41. The molecule has 0 saturated carbocycles. The van der Waals surface area contributed by atoms with Gasteiger partial charge in [0.2, 0.25) is 0 Å². The summed E-state index contributed by atoms with van der Waals surface area (Å²) in [5, 5.41) is 16.0. The zero-order valence-corrected chi connectivity index (χ0v) is 7.97. The van der Waals surface area contributed by atoms with Crippen LogP contribution in [-0.4, -0.2) is 22.9 Å². The van der Waals surface area contributed by atoms with E-state index in [1.807, 2.05) is 0 Å². The van der Waals surface area contributed by atoms with Gasteiger partial charge in [0.15, 0.2) is 5.84 Å². The van der Waals surface area contributed by atoms with E-state index in [1.54, 1.807) is 24.3 Å². The van der Waals surface area contributed by atoms with Crippen LogP contribution in [0.2, 0.25) is 0 Å². The van der Waals surface area contributed by atoms with E-state index < -0.39 is 4.92 Å². The number of nitro groups is 1. The average molecular weight is 207 g/mol. The molecule has 1 aromatic rings. The molecule has 0 unspecified atom stereocenters. The molecular weight excluding hydrogens is 198 g/mol. The molecule has 1 heterocycles. The summed E-state index contributed by atoms with van der Waals surface area (Å²) in [6.45, 7) is 0. The second kappa shape index (κ2) is 3.54.